The van der Waals surface area contributed by atoms with Crippen LogP contribution in [-0.2, 0) is 0 Å². The zero-order chi connectivity index (χ0) is 14.3. The van der Waals surface area contributed by atoms with E-state index in [2.05, 4.69) is 28.4 Å². The Bertz CT molecular complexity index is 777. The minimum Gasteiger partial charge on any atom is -0.397 e. The number of nitrogen functional groups attached to an aromatic ring is 1. The molecule has 3 rings (SSSR count). The van der Waals surface area contributed by atoms with Crippen LogP contribution in [0.25, 0.3) is 22.4 Å². The first-order valence-corrected chi connectivity index (χ1v) is 6.82. The van der Waals surface area contributed by atoms with Gasteiger partial charge in [0.2, 0.25) is 0 Å². The molecule has 0 radical (unpaired) electrons. The summed E-state index contributed by atoms with van der Waals surface area (Å²) in [6.45, 7) is 4.25. The van der Waals surface area contributed by atoms with Crippen molar-refractivity contribution in [1.82, 2.24) is 14.5 Å². The molecule has 0 spiro atoms. The minimum atomic E-state index is 0.276. The Hall–Kier alpha value is -2.07. The zero-order valence-electron chi connectivity index (χ0n) is 11.3. The first-order valence-electron chi connectivity index (χ1n) is 6.44. The Labute approximate surface area is 122 Å². The molecule has 0 aliphatic heterocycles. The monoisotopic (exact) mass is 286 g/mol. The molecule has 102 valence electrons. The van der Waals surface area contributed by atoms with Crippen LogP contribution in [0.4, 0.5) is 5.69 Å². The van der Waals surface area contributed by atoms with E-state index >= 15 is 0 Å². The van der Waals surface area contributed by atoms with E-state index in [1.165, 1.54) is 0 Å². The van der Waals surface area contributed by atoms with Crippen LogP contribution in [0.15, 0.2) is 36.7 Å². The molecule has 0 aliphatic carbocycles. The second-order valence-electron chi connectivity index (χ2n) is 5.04. The average molecular weight is 287 g/mol. The van der Waals surface area contributed by atoms with Crippen LogP contribution in [-0.4, -0.2) is 14.5 Å². The highest BCUT2D eigenvalue weighted by molar-refractivity contribution is 6.31. The van der Waals surface area contributed by atoms with Gasteiger partial charge in [0, 0.05) is 29.0 Å². The van der Waals surface area contributed by atoms with Crippen molar-refractivity contribution in [3.8, 4) is 11.4 Å². The fourth-order valence-electron chi connectivity index (χ4n) is 2.38. The molecule has 3 aromatic rings. The highest BCUT2D eigenvalue weighted by Gasteiger charge is 2.15. The molecule has 0 amide bonds. The van der Waals surface area contributed by atoms with E-state index in [9.17, 15) is 0 Å². The molecule has 2 aromatic heterocycles. The normalized spacial score (nSPS) is 11.4. The predicted molar refractivity (Wildman–Crippen MR) is 82.8 cm³/mol. The molecule has 4 nitrogen and oxygen atoms in total. The lowest BCUT2D eigenvalue weighted by Crippen LogP contribution is -2.03. The molecule has 0 fully saturated rings. The number of imidazole rings is 1. The third-order valence-corrected chi connectivity index (χ3v) is 3.42. The first kappa shape index (κ1) is 12.9. The Kier molecular flexibility index (Phi) is 3.10. The van der Waals surface area contributed by atoms with Crippen LogP contribution < -0.4 is 5.73 Å². The van der Waals surface area contributed by atoms with Crippen molar-refractivity contribution in [2.45, 2.75) is 19.9 Å². The SMILES string of the molecule is CC(C)n1c(-c2cncc(N)c2)nc2cc(Cl)ccc21. The second kappa shape index (κ2) is 4.80. The third-order valence-electron chi connectivity index (χ3n) is 3.19. The zero-order valence-corrected chi connectivity index (χ0v) is 12.1. The Morgan fingerprint density at radius 2 is 2.00 bits per heavy atom. The van der Waals surface area contributed by atoms with Gasteiger partial charge in [-0.05, 0) is 38.1 Å². The van der Waals surface area contributed by atoms with E-state index in [1.54, 1.807) is 12.4 Å². The van der Waals surface area contributed by atoms with Crippen LogP contribution in [0.5, 0.6) is 0 Å². The number of pyridine rings is 1. The molecule has 2 N–H and O–H groups in total. The molecular formula is C15H15ClN4. The minimum absolute atomic E-state index is 0.276. The van der Waals surface area contributed by atoms with Crippen LogP contribution in [0, 0.1) is 0 Å². The van der Waals surface area contributed by atoms with Gasteiger partial charge in [-0.15, -0.1) is 0 Å². The quantitative estimate of drug-likeness (QED) is 0.777. The van der Waals surface area contributed by atoms with Gasteiger partial charge in [-0.1, -0.05) is 11.6 Å². The van der Waals surface area contributed by atoms with Gasteiger partial charge in [-0.3, -0.25) is 4.98 Å². The number of nitrogens with zero attached hydrogens (tertiary/aromatic N) is 3. The van der Waals surface area contributed by atoms with E-state index in [-0.39, 0.29) is 6.04 Å². The van der Waals surface area contributed by atoms with Crippen molar-refractivity contribution < 1.29 is 0 Å². The summed E-state index contributed by atoms with van der Waals surface area (Å²) in [5.41, 5.74) is 9.29. The van der Waals surface area contributed by atoms with Gasteiger partial charge in [-0.25, -0.2) is 4.98 Å². The Balaban J connectivity index is 2.32. The summed E-state index contributed by atoms with van der Waals surface area (Å²) in [5, 5.41) is 0.683. The second-order valence-corrected chi connectivity index (χ2v) is 5.48. The number of aromatic nitrogens is 3. The van der Waals surface area contributed by atoms with E-state index < -0.39 is 0 Å². The number of halogens is 1. The summed E-state index contributed by atoms with van der Waals surface area (Å²) in [7, 11) is 0. The number of nitrogens with two attached hydrogens (primary N) is 1. The number of fused-ring (bicyclic) bond motifs is 1. The average Bonchev–Trinajstić information content (AvgIpc) is 2.77. The number of hydrogen-bond acceptors (Lipinski definition) is 3. The van der Waals surface area contributed by atoms with Crippen molar-refractivity contribution in [3.63, 3.8) is 0 Å². The molecule has 1 aromatic carbocycles. The fourth-order valence-corrected chi connectivity index (χ4v) is 2.54. The Morgan fingerprint density at radius 1 is 1.20 bits per heavy atom. The molecule has 2 heterocycles. The van der Waals surface area contributed by atoms with E-state index in [4.69, 9.17) is 17.3 Å². The highest BCUT2D eigenvalue weighted by atomic mass is 35.5. The molecule has 0 aliphatic rings. The lowest BCUT2D eigenvalue weighted by molar-refractivity contribution is 0.624. The summed E-state index contributed by atoms with van der Waals surface area (Å²) < 4.78 is 2.17. The third kappa shape index (κ3) is 2.12. The molecule has 0 atom stereocenters. The standard InChI is InChI=1S/C15H15ClN4/c1-9(2)20-14-4-3-11(16)6-13(14)19-15(20)10-5-12(17)8-18-7-10/h3-9H,17H2,1-2H3. The topological polar surface area (TPSA) is 56.7 Å². The summed E-state index contributed by atoms with van der Waals surface area (Å²) in [5.74, 6) is 0.858. The van der Waals surface area contributed by atoms with Crippen molar-refractivity contribution in [1.29, 1.82) is 0 Å². The molecule has 0 saturated heterocycles. The van der Waals surface area contributed by atoms with Crippen LogP contribution >= 0.6 is 11.6 Å². The Morgan fingerprint density at radius 3 is 2.70 bits per heavy atom. The maximum atomic E-state index is 6.05. The summed E-state index contributed by atoms with van der Waals surface area (Å²) >= 11 is 6.05. The van der Waals surface area contributed by atoms with Gasteiger partial charge >= 0.3 is 0 Å². The van der Waals surface area contributed by atoms with Crippen molar-refractivity contribution in [2.24, 2.45) is 0 Å². The molecular weight excluding hydrogens is 272 g/mol. The largest absolute Gasteiger partial charge is 0.397 e. The van der Waals surface area contributed by atoms with Gasteiger partial charge in [0.25, 0.3) is 0 Å². The molecule has 20 heavy (non-hydrogen) atoms. The van der Waals surface area contributed by atoms with E-state index in [1.807, 2.05) is 24.3 Å². The predicted octanol–water partition coefficient (Wildman–Crippen LogP) is 3.91. The fraction of sp³-hybridized carbons (Fsp3) is 0.200. The van der Waals surface area contributed by atoms with Gasteiger partial charge in [0.1, 0.15) is 5.82 Å². The molecule has 5 heteroatoms. The van der Waals surface area contributed by atoms with Crippen LogP contribution in [0.1, 0.15) is 19.9 Å². The van der Waals surface area contributed by atoms with Gasteiger partial charge in [0.15, 0.2) is 0 Å². The smallest absolute Gasteiger partial charge is 0.143 e. The lowest BCUT2D eigenvalue weighted by atomic mass is 10.2. The van der Waals surface area contributed by atoms with E-state index in [0.717, 1.165) is 22.4 Å². The van der Waals surface area contributed by atoms with E-state index in [0.29, 0.717) is 10.7 Å². The molecule has 0 bridgehead atoms. The van der Waals surface area contributed by atoms with Crippen molar-refractivity contribution in [3.05, 3.63) is 41.7 Å². The number of benzene rings is 1. The maximum absolute atomic E-state index is 6.05. The summed E-state index contributed by atoms with van der Waals surface area (Å²) in [4.78, 5) is 8.83. The molecule has 0 unspecified atom stereocenters. The molecule has 0 saturated carbocycles. The summed E-state index contributed by atoms with van der Waals surface area (Å²) in [6.07, 6.45) is 3.40. The van der Waals surface area contributed by atoms with Gasteiger partial charge in [0.05, 0.1) is 16.7 Å². The highest BCUT2D eigenvalue weighted by Crippen LogP contribution is 2.30. The van der Waals surface area contributed by atoms with Crippen LogP contribution in [0.2, 0.25) is 5.02 Å². The lowest BCUT2D eigenvalue weighted by Gasteiger charge is -2.13. The van der Waals surface area contributed by atoms with Crippen molar-refractivity contribution in [2.75, 3.05) is 5.73 Å². The number of hydrogen-bond donors (Lipinski definition) is 1. The summed E-state index contributed by atoms with van der Waals surface area (Å²) in [6, 6.07) is 7.91. The number of anilines is 1. The van der Waals surface area contributed by atoms with Crippen molar-refractivity contribution >= 4 is 28.3 Å². The van der Waals surface area contributed by atoms with Crippen LogP contribution in [0.3, 0.4) is 0 Å². The van der Waals surface area contributed by atoms with Gasteiger partial charge in [-0.2, -0.15) is 0 Å². The first-order chi connectivity index (χ1) is 9.56. The van der Waals surface area contributed by atoms with Gasteiger partial charge < -0.3 is 10.3 Å². The number of rotatable bonds is 2. The maximum Gasteiger partial charge on any atom is 0.143 e.